The number of aliphatic hydroxyl groups is 3. The lowest BCUT2D eigenvalue weighted by Gasteiger charge is -2.31. The molecule has 1 aliphatic rings. The van der Waals surface area contributed by atoms with Gasteiger partial charge in [-0.05, 0) is 42.0 Å². The standard InChI is InChI=1S/C23H21N3O7/c27-10-23(11-28,12-29)25-17-6-5-16-20-14(17)2-1-3-15(20)21(32)26(22(16)33)24-9-13-4-7-18(30)19(31)8-13/h1-9,25,27-31H,10-12H2. The third-order valence-corrected chi connectivity index (χ3v) is 5.52. The van der Waals surface area contributed by atoms with E-state index in [1.54, 1.807) is 24.3 Å². The zero-order valence-electron chi connectivity index (χ0n) is 17.3. The van der Waals surface area contributed by atoms with Gasteiger partial charge in [-0.25, -0.2) is 0 Å². The molecule has 0 fully saturated rings. The highest BCUT2D eigenvalue weighted by Crippen LogP contribution is 2.35. The fraction of sp³-hybridized carbons (Fsp3) is 0.174. The van der Waals surface area contributed by atoms with Crippen molar-refractivity contribution in [3.63, 3.8) is 0 Å². The molecule has 2 amide bonds. The van der Waals surface area contributed by atoms with Crippen molar-refractivity contribution in [3.8, 4) is 11.5 Å². The Bertz CT molecular complexity index is 1250. The highest BCUT2D eigenvalue weighted by Gasteiger charge is 2.35. The number of phenols is 2. The molecule has 0 aromatic heterocycles. The minimum Gasteiger partial charge on any atom is -0.504 e. The zero-order chi connectivity index (χ0) is 23.8. The van der Waals surface area contributed by atoms with Gasteiger partial charge in [-0.2, -0.15) is 10.1 Å². The third-order valence-electron chi connectivity index (χ3n) is 5.52. The largest absolute Gasteiger partial charge is 0.504 e. The number of phenolic OH excluding ortho intramolecular Hbond substituents is 2. The third kappa shape index (κ3) is 3.76. The van der Waals surface area contributed by atoms with Crippen LogP contribution in [0, 0.1) is 0 Å². The molecule has 0 atom stereocenters. The molecule has 0 radical (unpaired) electrons. The summed E-state index contributed by atoms with van der Waals surface area (Å²) in [5, 5.41) is 56.5. The van der Waals surface area contributed by atoms with E-state index in [0.29, 0.717) is 27.0 Å². The number of hydrogen-bond donors (Lipinski definition) is 6. The van der Waals surface area contributed by atoms with E-state index >= 15 is 0 Å². The van der Waals surface area contributed by atoms with Crippen LogP contribution in [-0.4, -0.2) is 73.9 Å². The Labute approximate surface area is 187 Å². The molecule has 3 aromatic rings. The van der Waals surface area contributed by atoms with Crippen LogP contribution in [0.25, 0.3) is 10.8 Å². The maximum atomic E-state index is 13.1. The summed E-state index contributed by atoms with van der Waals surface area (Å²) in [4.78, 5) is 26.2. The monoisotopic (exact) mass is 451 g/mol. The number of nitrogens with one attached hydrogen (secondary N) is 1. The van der Waals surface area contributed by atoms with Crippen molar-refractivity contribution < 1.29 is 35.1 Å². The van der Waals surface area contributed by atoms with Crippen molar-refractivity contribution in [1.82, 2.24) is 5.01 Å². The van der Waals surface area contributed by atoms with Gasteiger partial charge in [0.25, 0.3) is 11.8 Å². The van der Waals surface area contributed by atoms with Gasteiger partial charge in [-0.15, -0.1) is 0 Å². The summed E-state index contributed by atoms with van der Waals surface area (Å²) in [7, 11) is 0. The van der Waals surface area contributed by atoms with Gasteiger partial charge in [-0.1, -0.05) is 12.1 Å². The lowest BCUT2D eigenvalue weighted by atomic mass is 9.92. The Hall–Kier alpha value is -3.99. The smallest absolute Gasteiger partial charge is 0.282 e. The Balaban J connectivity index is 1.75. The Morgan fingerprint density at radius 3 is 2.18 bits per heavy atom. The Morgan fingerprint density at radius 1 is 0.879 bits per heavy atom. The van der Waals surface area contributed by atoms with E-state index in [1.807, 2.05) is 0 Å². The number of imide groups is 1. The Morgan fingerprint density at radius 2 is 1.55 bits per heavy atom. The number of carbonyl (C=O) groups excluding carboxylic acids is 2. The van der Waals surface area contributed by atoms with Gasteiger partial charge in [0.05, 0.1) is 37.2 Å². The number of carbonyl (C=O) groups is 2. The molecule has 0 saturated heterocycles. The van der Waals surface area contributed by atoms with Crippen molar-refractivity contribution >= 4 is 34.5 Å². The van der Waals surface area contributed by atoms with Gasteiger partial charge in [0.1, 0.15) is 5.54 Å². The second-order valence-corrected chi connectivity index (χ2v) is 7.68. The van der Waals surface area contributed by atoms with Gasteiger partial charge in [0, 0.05) is 16.5 Å². The molecule has 4 rings (SSSR count). The van der Waals surface area contributed by atoms with E-state index in [-0.39, 0.29) is 22.6 Å². The number of benzene rings is 3. The van der Waals surface area contributed by atoms with Crippen molar-refractivity contribution in [2.45, 2.75) is 5.54 Å². The lowest BCUT2D eigenvalue weighted by Crippen LogP contribution is -2.49. The van der Waals surface area contributed by atoms with Gasteiger partial charge in [0.15, 0.2) is 11.5 Å². The number of aliphatic hydroxyl groups excluding tert-OH is 3. The number of hydrogen-bond acceptors (Lipinski definition) is 9. The first-order valence-corrected chi connectivity index (χ1v) is 9.95. The summed E-state index contributed by atoms with van der Waals surface area (Å²) < 4.78 is 0. The molecule has 0 unspecified atom stereocenters. The fourth-order valence-corrected chi connectivity index (χ4v) is 3.60. The minimum absolute atomic E-state index is 0.221. The average molecular weight is 451 g/mol. The Kier molecular flexibility index (Phi) is 5.73. The molecule has 0 aliphatic carbocycles. The van der Waals surface area contributed by atoms with Crippen LogP contribution < -0.4 is 5.32 Å². The number of nitrogens with zero attached hydrogens (tertiary/aromatic N) is 2. The van der Waals surface area contributed by atoms with Crippen molar-refractivity contribution in [2.75, 3.05) is 25.1 Å². The van der Waals surface area contributed by atoms with Crippen molar-refractivity contribution in [3.05, 3.63) is 65.2 Å². The molecule has 1 heterocycles. The number of anilines is 1. The van der Waals surface area contributed by atoms with Gasteiger partial charge < -0.3 is 30.8 Å². The molecular formula is C23H21N3O7. The van der Waals surface area contributed by atoms with Crippen molar-refractivity contribution in [2.24, 2.45) is 5.10 Å². The molecule has 0 spiro atoms. The number of rotatable bonds is 7. The van der Waals surface area contributed by atoms with Gasteiger partial charge in [0.2, 0.25) is 0 Å². The predicted octanol–water partition coefficient (Wildman–Crippen LogP) is 1.01. The molecule has 10 nitrogen and oxygen atoms in total. The quantitative estimate of drug-likeness (QED) is 0.176. The molecule has 6 N–H and O–H groups in total. The summed E-state index contributed by atoms with van der Waals surface area (Å²) in [6, 6.07) is 11.9. The number of amides is 2. The average Bonchev–Trinajstić information content (AvgIpc) is 2.83. The normalized spacial score (nSPS) is 13.8. The highest BCUT2D eigenvalue weighted by atomic mass is 16.3. The van der Waals surface area contributed by atoms with Crippen LogP contribution in [0.3, 0.4) is 0 Å². The van der Waals surface area contributed by atoms with E-state index in [9.17, 15) is 35.1 Å². The first-order chi connectivity index (χ1) is 15.8. The molecule has 0 bridgehead atoms. The summed E-state index contributed by atoms with van der Waals surface area (Å²) >= 11 is 0. The number of aromatic hydroxyl groups is 2. The predicted molar refractivity (Wildman–Crippen MR) is 119 cm³/mol. The SMILES string of the molecule is O=C1c2cccc3c(NC(CO)(CO)CO)ccc(c23)C(=O)N1N=Cc1ccc(O)c(O)c1. The second-order valence-electron chi connectivity index (χ2n) is 7.68. The molecule has 10 heteroatoms. The van der Waals surface area contributed by atoms with Crippen LogP contribution in [0.1, 0.15) is 26.3 Å². The maximum Gasteiger partial charge on any atom is 0.282 e. The topological polar surface area (TPSA) is 163 Å². The molecule has 33 heavy (non-hydrogen) atoms. The second kappa shape index (κ2) is 8.51. The molecule has 170 valence electrons. The number of hydrazone groups is 1. The minimum atomic E-state index is -1.39. The first kappa shape index (κ1) is 22.2. The summed E-state index contributed by atoms with van der Waals surface area (Å²) in [5.41, 5.74) is -0.167. The van der Waals surface area contributed by atoms with Crippen LogP contribution in [-0.2, 0) is 0 Å². The molecule has 3 aromatic carbocycles. The van der Waals surface area contributed by atoms with Gasteiger partial charge in [-0.3, -0.25) is 9.59 Å². The van der Waals surface area contributed by atoms with Crippen LogP contribution >= 0.6 is 0 Å². The van der Waals surface area contributed by atoms with E-state index < -0.39 is 37.2 Å². The van der Waals surface area contributed by atoms with E-state index in [0.717, 1.165) is 0 Å². The van der Waals surface area contributed by atoms with E-state index in [4.69, 9.17) is 0 Å². The molecular weight excluding hydrogens is 430 g/mol. The first-order valence-electron chi connectivity index (χ1n) is 9.95. The fourth-order valence-electron chi connectivity index (χ4n) is 3.60. The van der Waals surface area contributed by atoms with Crippen molar-refractivity contribution in [1.29, 1.82) is 0 Å². The van der Waals surface area contributed by atoms with Gasteiger partial charge >= 0.3 is 0 Å². The van der Waals surface area contributed by atoms with E-state index in [2.05, 4.69) is 10.4 Å². The van der Waals surface area contributed by atoms with Crippen LogP contribution in [0.2, 0.25) is 0 Å². The summed E-state index contributed by atoms with van der Waals surface area (Å²) in [6.45, 7) is -1.64. The maximum absolute atomic E-state index is 13.1. The highest BCUT2D eigenvalue weighted by molar-refractivity contribution is 6.26. The van der Waals surface area contributed by atoms with E-state index in [1.165, 1.54) is 30.5 Å². The van der Waals surface area contributed by atoms with Crippen LogP contribution in [0.4, 0.5) is 5.69 Å². The molecule has 0 saturated carbocycles. The van der Waals surface area contributed by atoms with Crippen LogP contribution in [0.15, 0.2) is 53.6 Å². The zero-order valence-corrected chi connectivity index (χ0v) is 17.3. The summed E-state index contributed by atoms with van der Waals surface area (Å²) in [6.07, 6.45) is 1.22. The summed E-state index contributed by atoms with van der Waals surface area (Å²) in [5.74, 6) is -2.00. The lowest BCUT2D eigenvalue weighted by molar-refractivity contribution is 0.0616. The molecule has 1 aliphatic heterocycles. The van der Waals surface area contributed by atoms with Crippen LogP contribution in [0.5, 0.6) is 11.5 Å².